The van der Waals surface area contributed by atoms with Crippen molar-refractivity contribution in [2.24, 2.45) is 5.73 Å². The highest BCUT2D eigenvalue weighted by molar-refractivity contribution is 5.33. The van der Waals surface area contributed by atoms with Crippen LogP contribution >= 0.6 is 0 Å². The number of hydrogen-bond donors (Lipinski definition) is 1. The summed E-state index contributed by atoms with van der Waals surface area (Å²) in [5.74, 6) is 0. The van der Waals surface area contributed by atoms with E-state index in [-0.39, 0.29) is 0 Å². The minimum atomic E-state index is 0.829. The zero-order valence-electron chi connectivity index (χ0n) is 9.91. The third kappa shape index (κ3) is 2.67. The lowest BCUT2D eigenvalue weighted by Gasteiger charge is -2.31. The first-order valence-corrected chi connectivity index (χ1v) is 5.93. The van der Waals surface area contributed by atoms with Gasteiger partial charge in [-0.05, 0) is 31.4 Å². The molecule has 0 aromatic rings. The van der Waals surface area contributed by atoms with Gasteiger partial charge in [0.25, 0.3) is 0 Å². The topological polar surface area (TPSA) is 38.5 Å². The lowest BCUT2D eigenvalue weighted by atomic mass is 10.1. The van der Waals surface area contributed by atoms with E-state index in [2.05, 4.69) is 30.1 Å². The van der Waals surface area contributed by atoms with Gasteiger partial charge in [-0.2, -0.15) is 0 Å². The van der Waals surface area contributed by atoms with E-state index in [4.69, 9.17) is 10.5 Å². The summed E-state index contributed by atoms with van der Waals surface area (Å²) in [7, 11) is 0. The molecule has 1 aliphatic heterocycles. The van der Waals surface area contributed by atoms with Crippen molar-refractivity contribution in [1.82, 2.24) is 4.90 Å². The van der Waals surface area contributed by atoms with Crippen LogP contribution in [-0.4, -0.2) is 31.2 Å². The fourth-order valence-corrected chi connectivity index (χ4v) is 2.05. The van der Waals surface area contributed by atoms with E-state index in [9.17, 15) is 0 Å². The Morgan fingerprint density at radius 1 is 1.31 bits per heavy atom. The SMILES string of the molecule is CC1=C(N)/C=C(/N2CCOCC2)CCC=C1. The minimum Gasteiger partial charge on any atom is -0.398 e. The second-order valence-corrected chi connectivity index (χ2v) is 4.31. The summed E-state index contributed by atoms with van der Waals surface area (Å²) in [6.07, 6.45) is 8.61. The summed E-state index contributed by atoms with van der Waals surface area (Å²) in [5.41, 5.74) is 9.43. The van der Waals surface area contributed by atoms with Crippen molar-refractivity contribution >= 4 is 0 Å². The van der Waals surface area contributed by atoms with E-state index in [1.54, 1.807) is 0 Å². The number of allylic oxidation sites excluding steroid dienone is 5. The average Bonchev–Trinajstić information content (AvgIpc) is 2.31. The quantitative estimate of drug-likeness (QED) is 0.732. The number of nitrogens with zero attached hydrogens (tertiary/aromatic N) is 1. The Kier molecular flexibility index (Phi) is 3.67. The van der Waals surface area contributed by atoms with E-state index in [1.165, 1.54) is 5.70 Å². The maximum atomic E-state index is 6.04. The van der Waals surface area contributed by atoms with Gasteiger partial charge in [-0.3, -0.25) is 0 Å². The van der Waals surface area contributed by atoms with E-state index in [0.29, 0.717) is 0 Å². The molecule has 1 aliphatic carbocycles. The van der Waals surface area contributed by atoms with Gasteiger partial charge >= 0.3 is 0 Å². The maximum Gasteiger partial charge on any atom is 0.0642 e. The lowest BCUT2D eigenvalue weighted by Crippen LogP contribution is -2.35. The summed E-state index contributed by atoms with van der Waals surface area (Å²) in [6, 6.07) is 0. The van der Waals surface area contributed by atoms with E-state index in [1.807, 2.05) is 0 Å². The van der Waals surface area contributed by atoms with Gasteiger partial charge in [-0.25, -0.2) is 0 Å². The molecule has 0 aromatic carbocycles. The Morgan fingerprint density at radius 2 is 2.06 bits per heavy atom. The van der Waals surface area contributed by atoms with Crippen LogP contribution in [0.25, 0.3) is 0 Å². The fourth-order valence-electron chi connectivity index (χ4n) is 2.05. The molecule has 2 aliphatic rings. The predicted molar refractivity (Wildman–Crippen MR) is 65.7 cm³/mol. The van der Waals surface area contributed by atoms with Crippen LogP contribution in [0.1, 0.15) is 19.8 Å². The Balaban J connectivity index is 2.16. The fraction of sp³-hybridized carbons (Fsp3) is 0.538. The molecule has 0 atom stereocenters. The lowest BCUT2D eigenvalue weighted by molar-refractivity contribution is 0.0521. The van der Waals surface area contributed by atoms with Crippen molar-refractivity contribution in [2.45, 2.75) is 19.8 Å². The van der Waals surface area contributed by atoms with E-state index >= 15 is 0 Å². The third-order valence-electron chi connectivity index (χ3n) is 3.13. The van der Waals surface area contributed by atoms with E-state index in [0.717, 1.165) is 50.4 Å². The van der Waals surface area contributed by atoms with Crippen LogP contribution in [-0.2, 0) is 4.74 Å². The molecule has 0 amide bonds. The van der Waals surface area contributed by atoms with Crippen molar-refractivity contribution in [3.8, 4) is 0 Å². The number of nitrogens with two attached hydrogens (primary N) is 1. The number of hydrogen-bond acceptors (Lipinski definition) is 3. The normalized spacial score (nSPS) is 26.1. The molecule has 0 bridgehead atoms. The van der Waals surface area contributed by atoms with Gasteiger partial charge < -0.3 is 15.4 Å². The molecule has 16 heavy (non-hydrogen) atoms. The first-order chi connectivity index (χ1) is 7.77. The van der Waals surface area contributed by atoms with Crippen LogP contribution in [0.2, 0.25) is 0 Å². The van der Waals surface area contributed by atoms with Gasteiger partial charge in [-0.1, -0.05) is 12.2 Å². The van der Waals surface area contributed by atoms with Gasteiger partial charge in [0.2, 0.25) is 0 Å². The standard InChI is InChI=1S/C13H20N2O/c1-11-4-2-3-5-12(10-13(11)14)15-6-8-16-9-7-15/h2,4,10H,3,5-9,14H2,1H3/b4-2?,12-10+,13-11?. The van der Waals surface area contributed by atoms with Gasteiger partial charge in [0, 0.05) is 24.5 Å². The molecule has 0 saturated carbocycles. The van der Waals surface area contributed by atoms with Crippen molar-refractivity contribution in [3.63, 3.8) is 0 Å². The first kappa shape index (κ1) is 11.3. The second kappa shape index (κ2) is 5.21. The highest BCUT2D eigenvalue weighted by Gasteiger charge is 2.14. The van der Waals surface area contributed by atoms with Crippen molar-refractivity contribution < 1.29 is 4.74 Å². The predicted octanol–water partition coefficient (Wildman–Crippen LogP) is 1.79. The molecule has 1 fully saturated rings. The molecule has 3 nitrogen and oxygen atoms in total. The molecule has 0 radical (unpaired) electrons. The molecular weight excluding hydrogens is 200 g/mol. The summed E-state index contributed by atoms with van der Waals surface area (Å²) >= 11 is 0. The summed E-state index contributed by atoms with van der Waals surface area (Å²) in [4.78, 5) is 2.39. The van der Waals surface area contributed by atoms with Crippen LogP contribution in [0, 0.1) is 0 Å². The molecule has 0 aromatic heterocycles. The Labute approximate surface area is 97.3 Å². The van der Waals surface area contributed by atoms with Crippen LogP contribution in [0.15, 0.2) is 35.2 Å². The maximum absolute atomic E-state index is 6.04. The average molecular weight is 220 g/mol. The number of rotatable bonds is 1. The highest BCUT2D eigenvalue weighted by Crippen LogP contribution is 2.19. The monoisotopic (exact) mass is 220 g/mol. The van der Waals surface area contributed by atoms with Crippen LogP contribution in [0.3, 0.4) is 0 Å². The molecule has 0 unspecified atom stereocenters. The summed E-state index contributed by atoms with van der Waals surface area (Å²) in [6.45, 7) is 5.69. The Morgan fingerprint density at radius 3 is 2.81 bits per heavy atom. The first-order valence-electron chi connectivity index (χ1n) is 5.93. The minimum absolute atomic E-state index is 0.829. The van der Waals surface area contributed by atoms with Gasteiger partial charge in [0.05, 0.1) is 13.2 Å². The van der Waals surface area contributed by atoms with Gasteiger partial charge in [0.15, 0.2) is 0 Å². The summed E-state index contributed by atoms with van der Waals surface area (Å²) in [5, 5.41) is 0. The molecule has 3 heteroatoms. The zero-order chi connectivity index (χ0) is 11.4. The van der Waals surface area contributed by atoms with E-state index < -0.39 is 0 Å². The third-order valence-corrected chi connectivity index (χ3v) is 3.13. The Bertz CT molecular complexity index is 336. The zero-order valence-corrected chi connectivity index (χ0v) is 9.91. The summed E-state index contributed by atoms with van der Waals surface area (Å²) < 4.78 is 5.37. The van der Waals surface area contributed by atoms with Gasteiger partial charge in [0.1, 0.15) is 0 Å². The van der Waals surface area contributed by atoms with Crippen molar-refractivity contribution in [2.75, 3.05) is 26.3 Å². The molecule has 0 spiro atoms. The number of ether oxygens (including phenoxy) is 1. The van der Waals surface area contributed by atoms with Crippen LogP contribution in [0.4, 0.5) is 0 Å². The van der Waals surface area contributed by atoms with Gasteiger partial charge in [-0.15, -0.1) is 0 Å². The molecule has 1 heterocycles. The second-order valence-electron chi connectivity index (χ2n) is 4.31. The molecule has 1 saturated heterocycles. The highest BCUT2D eigenvalue weighted by atomic mass is 16.5. The van der Waals surface area contributed by atoms with Crippen molar-refractivity contribution in [1.29, 1.82) is 0 Å². The molecule has 88 valence electrons. The smallest absolute Gasteiger partial charge is 0.0642 e. The Hall–Kier alpha value is -1.22. The molecular formula is C13H20N2O. The van der Waals surface area contributed by atoms with Crippen molar-refractivity contribution in [3.05, 3.63) is 35.2 Å². The van der Waals surface area contributed by atoms with Crippen LogP contribution < -0.4 is 5.73 Å². The number of morpholine rings is 1. The van der Waals surface area contributed by atoms with Crippen LogP contribution in [0.5, 0.6) is 0 Å². The molecule has 2 N–H and O–H groups in total. The molecule has 2 rings (SSSR count). The largest absolute Gasteiger partial charge is 0.398 e.